The third-order valence-electron chi connectivity index (χ3n) is 7.60. The summed E-state index contributed by atoms with van der Waals surface area (Å²) in [5.41, 5.74) is 5.53. The monoisotopic (exact) mass is 565 g/mol. The van der Waals surface area contributed by atoms with Gasteiger partial charge in [-0.1, -0.05) is 57.2 Å². The maximum atomic E-state index is 13.4. The van der Waals surface area contributed by atoms with E-state index in [2.05, 4.69) is 54.2 Å². The van der Waals surface area contributed by atoms with E-state index in [0.717, 1.165) is 46.2 Å². The second-order valence-electron chi connectivity index (χ2n) is 11.7. The van der Waals surface area contributed by atoms with Crippen molar-refractivity contribution in [2.75, 3.05) is 42.3 Å². The molecule has 9 heteroatoms. The van der Waals surface area contributed by atoms with E-state index < -0.39 is 6.03 Å². The molecule has 0 bridgehead atoms. The Morgan fingerprint density at radius 2 is 1.81 bits per heavy atom. The van der Waals surface area contributed by atoms with Crippen LogP contribution in [0.5, 0.6) is 5.75 Å². The molecule has 1 aromatic heterocycles. The Hall–Kier alpha value is -4.47. The quantitative estimate of drug-likeness (QED) is 0.247. The van der Waals surface area contributed by atoms with Gasteiger partial charge < -0.3 is 30.7 Å². The molecule has 2 aliphatic rings. The number of amides is 3. The van der Waals surface area contributed by atoms with Crippen molar-refractivity contribution in [3.05, 3.63) is 78.1 Å². The number of fused-ring (bicyclic) bond motifs is 2. The van der Waals surface area contributed by atoms with E-state index >= 15 is 0 Å². The zero-order valence-electron chi connectivity index (χ0n) is 24.0. The van der Waals surface area contributed by atoms with Gasteiger partial charge in [-0.15, -0.1) is 0 Å². The minimum atomic E-state index is -0.411. The summed E-state index contributed by atoms with van der Waals surface area (Å²) in [6, 6.07) is 19.4. The van der Waals surface area contributed by atoms with E-state index in [4.69, 9.17) is 14.5 Å². The van der Waals surface area contributed by atoms with Gasteiger partial charge in [0.1, 0.15) is 0 Å². The predicted molar refractivity (Wildman–Crippen MR) is 165 cm³/mol. The highest BCUT2D eigenvalue weighted by atomic mass is 16.5. The van der Waals surface area contributed by atoms with E-state index in [9.17, 15) is 9.59 Å². The standard InChI is InChI=1S/C33H35N5O4/c1-33(2,3)20-15-28-31(42-19-30(39)36-28)29(16-20)38-32(40)37-26-11-10-23(22-7-4-5-8-24(22)26)25-9-6-12-35-27(25)17-21-18-34-13-14-41-21/h4-12,15-16,21,34H,13-14,17-19H2,1-3H3,(H,36,39)(H2,37,38,40). The maximum Gasteiger partial charge on any atom is 0.323 e. The van der Waals surface area contributed by atoms with Gasteiger partial charge in [0.15, 0.2) is 12.4 Å². The molecule has 1 fully saturated rings. The molecule has 3 heterocycles. The molecule has 4 aromatic rings. The van der Waals surface area contributed by atoms with Gasteiger partial charge in [-0.3, -0.25) is 9.78 Å². The number of ether oxygens (including phenoxy) is 2. The van der Waals surface area contributed by atoms with Crippen molar-refractivity contribution in [3.63, 3.8) is 0 Å². The van der Waals surface area contributed by atoms with Gasteiger partial charge in [0, 0.05) is 36.7 Å². The lowest BCUT2D eigenvalue weighted by molar-refractivity contribution is -0.118. The molecule has 1 saturated heterocycles. The first-order chi connectivity index (χ1) is 20.3. The summed E-state index contributed by atoms with van der Waals surface area (Å²) >= 11 is 0. The van der Waals surface area contributed by atoms with Crippen molar-refractivity contribution >= 4 is 39.8 Å². The van der Waals surface area contributed by atoms with Gasteiger partial charge in [0.2, 0.25) is 0 Å². The lowest BCUT2D eigenvalue weighted by Gasteiger charge is -2.26. The highest BCUT2D eigenvalue weighted by Crippen LogP contribution is 2.41. The number of hydrogen-bond donors (Lipinski definition) is 4. The lowest BCUT2D eigenvalue weighted by atomic mass is 9.86. The minimum absolute atomic E-state index is 0.0723. The van der Waals surface area contributed by atoms with Crippen LogP contribution in [0, 0.1) is 0 Å². The van der Waals surface area contributed by atoms with Crippen LogP contribution in [0.3, 0.4) is 0 Å². The van der Waals surface area contributed by atoms with Gasteiger partial charge >= 0.3 is 6.03 Å². The first-order valence-electron chi connectivity index (χ1n) is 14.2. The number of anilines is 3. The first-order valence-corrected chi connectivity index (χ1v) is 14.2. The summed E-state index contributed by atoms with van der Waals surface area (Å²) in [7, 11) is 0. The van der Waals surface area contributed by atoms with Crippen molar-refractivity contribution in [2.24, 2.45) is 0 Å². The van der Waals surface area contributed by atoms with E-state index in [-0.39, 0.29) is 24.0 Å². The molecular weight excluding hydrogens is 530 g/mol. The van der Waals surface area contributed by atoms with Gasteiger partial charge in [0.05, 0.1) is 35.5 Å². The highest BCUT2D eigenvalue weighted by Gasteiger charge is 2.25. The SMILES string of the molecule is CC(C)(C)c1cc2c(c(NC(=O)Nc3ccc(-c4cccnc4CC4CNCCO4)c4ccccc34)c1)OCC(=O)N2. The predicted octanol–water partition coefficient (Wildman–Crippen LogP) is 5.71. The van der Waals surface area contributed by atoms with Crippen molar-refractivity contribution in [1.82, 2.24) is 10.3 Å². The Bertz CT molecular complexity index is 1660. The Morgan fingerprint density at radius 1 is 1.00 bits per heavy atom. The average molecular weight is 566 g/mol. The van der Waals surface area contributed by atoms with Crippen LogP contribution in [-0.2, 0) is 21.4 Å². The molecule has 1 atom stereocenters. The summed E-state index contributed by atoms with van der Waals surface area (Å²) in [6.07, 6.45) is 2.60. The molecule has 42 heavy (non-hydrogen) atoms. The van der Waals surface area contributed by atoms with E-state index in [1.165, 1.54) is 0 Å². The van der Waals surface area contributed by atoms with Gasteiger partial charge in [0.25, 0.3) is 5.91 Å². The normalized spacial score (nSPS) is 16.7. The fourth-order valence-electron chi connectivity index (χ4n) is 5.46. The van der Waals surface area contributed by atoms with Crippen LogP contribution in [0.1, 0.15) is 32.0 Å². The van der Waals surface area contributed by atoms with Crippen LogP contribution in [0.2, 0.25) is 0 Å². The molecule has 0 saturated carbocycles. The summed E-state index contributed by atoms with van der Waals surface area (Å²) in [6.45, 7) is 8.48. The summed E-state index contributed by atoms with van der Waals surface area (Å²) in [5, 5.41) is 14.1. The second kappa shape index (κ2) is 11.4. The second-order valence-corrected chi connectivity index (χ2v) is 11.7. The van der Waals surface area contributed by atoms with Gasteiger partial charge in [-0.25, -0.2) is 4.79 Å². The number of carbonyl (C=O) groups excluding carboxylic acids is 2. The van der Waals surface area contributed by atoms with E-state index in [0.29, 0.717) is 35.8 Å². The van der Waals surface area contributed by atoms with Crippen molar-refractivity contribution < 1.29 is 19.1 Å². The molecule has 0 radical (unpaired) electrons. The number of urea groups is 1. The molecule has 9 nitrogen and oxygen atoms in total. The van der Waals surface area contributed by atoms with Crippen LogP contribution < -0.4 is 26.0 Å². The fraction of sp³-hybridized carbons (Fsp3) is 0.303. The van der Waals surface area contributed by atoms with E-state index in [1.54, 1.807) is 0 Å². The number of hydrogen-bond acceptors (Lipinski definition) is 6. The largest absolute Gasteiger partial charge is 0.479 e. The number of rotatable bonds is 5. The van der Waals surface area contributed by atoms with Gasteiger partial charge in [-0.2, -0.15) is 0 Å². The van der Waals surface area contributed by atoms with Crippen LogP contribution in [-0.4, -0.2) is 49.3 Å². The fourth-order valence-corrected chi connectivity index (χ4v) is 5.46. The summed E-state index contributed by atoms with van der Waals surface area (Å²) < 4.78 is 11.7. The number of carbonyl (C=O) groups is 2. The zero-order chi connectivity index (χ0) is 29.3. The number of aromatic nitrogens is 1. The highest BCUT2D eigenvalue weighted by molar-refractivity contribution is 6.10. The first kappa shape index (κ1) is 27.7. The zero-order valence-corrected chi connectivity index (χ0v) is 24.0. The number of nitrogens with zero attached hydrogens (tertiary/aromatic N) is 1. The lowest BCUT2D eigenvalue weighted by Crippen LogP contribution is -2.39. The third-order valence-corrected chi connectivity index (χ3v) is 7.60. The van der Waals surface area contributed by atoms with Crippen molar-refractivity contribution in [3.8, 4) is 16.9 Å². The molecule has 3 aromatic carbocycles. The van der Waals surface area contributed by atoms with Crippen LogP contribution in [0.4, 0.5) is 21.9 Å². The Kier molecular flexibility index (Phi) is 7.53. The van der Waals surface area contributed by atoms with E-state index in [1.807, 2.05) is 54.7 Å². The topological polar surface area (TPSA) is 114 Å². The Balaban J connectivity index is 1.30. The molecule has 3 amide bonds. The van der Waals surface area contributed by atoms with Gasteiger partial charge in [-0.05, 0) is 46.2 Å². The molecular formula is C33H35N5O4. The number of nitrogens with one attached hydrogen (secondary N) is 4. The van der Waals surface area contributed by atoms with Crippen LogP contribution in [0.25, 0.3) is 21.9 Å². The number of morpholine rings is 1. The number of benzene rings is 3. The Labute approximate surface area is 245 Å². The van der Waals surface area contributed by atoms with Crippen molar-refractivity contribution in [2.45, 2.75) is 38.7 Å². The molecule has 216 valence electrons. The van der Waals surface area contributed by atoms with Crippen molar-refractivity contribution in [1.29, 1.82) is 0 Å². The molecule has 0 spiro atoms. The molecule has 0 aliphatic carbocycles. The Morgan fingerprint density at radius 3 is 2.60 bits per heavy atom. The molecule has 4 N–H and O–H groups in total. The van der Waals surface area contributed by atoms with Crippen LogP contribution in [0.15, 0.2) is 66.9 Å². The average Bonchev–Trinajstić information content (AvgIpc) is 2.97. The van der Waals surface area contributed by atoms with Crippen LogP contribution >= 0.6 is 0 Å². The summed E-state index contributed by atoms with van der Waals surface area (Å²) in [4.78, 5) is 30.1. The molecule has 1 unspecified atom stereocenters. The minimum Gasteiger partial charge on any atom is -0.479 e. The number of pyridine rings is 1. The molecule has 2 aliphatic heterocycles. The molecule has 6 rings (SSSR count). The maximum absolute atomic E-state index is 13.4. The summed E-state index contributed by atoms with van der Waals surface area (Å²) in [5.74, 6) is 0.217. The smallest absolute Gasteiger partial charge is 0.323 e. The third kappa shape index (κ3) is 5.79.